The maximum absolute atomic E-state index is 6.29. The number of nitrogens with zero attached hydrogens (tertiary/aromatic N) is 2. The van der Waals surface area contributed by atoms with Crippen LogP contribution in [0, 0.1) is 0 Å². The Morgan fingerprint density at radius 3 is 1.61 bits per heavy atom. The SMILES string of the molecule is CC(C)(C)c1ccc2c(c1)c1cc(-c3ccccc3N(c3ccc4oc5ccccc5c4c3)c3ccc4oc5ccccc5c4c3)ccc1n2-c1ccccc1. The third-order valence-electron chi connectivity index (χ3n) is 11.3. The molecule has 11 aromatic rings. The molecular formula is C52H38N2O2. The number of fused-ring (bicyclic) bond motifs is 9. The lowest BCUT2D eigenvalue weighted by Gasteiger charge is -2.28. The van der Waals surface area contributed by atoms with E-state index in [2.05, 4.69) is 182 Å². The van der Waals surface area contributed by atoms with Crippen LogP contribution in [0.3, 0.4) is 0 Å². The van der Waals surface area contributed by atoms with E-state index in [1.807, 2.05) is 24.3 Å². The summed E-state index contributed by atoms with van der Waals surface area (Å²) < 4.78 is 15.0. The Labute approximate surface area is 324 Å². The highest BCUT2D eigenvalue weighted by Crippen LogP contribution is 2.45. The fraction of sp³-hybridized carbons (Fsp3) is 0.0769. The van der Waals surface area contributed by atoms with Crippen molar-refractivity contribution in [2.24, 2.45) is 0 Å². The van der Waals surface area contributed by atoms with Crippen LogP contribution in [0.1, 0.15) is 26.3 Å². The van der Waals surface area contributed by atoms with Crippen LogP contribution in [0.15, 0.2) is 185 Å². The van der Waals surface area contributed by atoms with E-state index in [4.69, 9.17) is 8.83 Å². The molecule has 8 aromatic carbocycles. The van der Waals surface area contributed by atoms with Crippen LogP contribution in [0.5, 0.6) is 0 Å². The number of aromatic nitrogens is 1. The fourth-order valence-corrected chi connectivity index (χ4v) is 8.56. The molecule has 268 valence electrons. The molecule has 0 saturated heterocycles. The number of furan rings is 2. The van der Waals surface area contributed by atoms with E-state index < -0.39 is 0 Å². The predicted octanol–water partition coefficient (Wildman–Crippen LogP) is 15.0. The Kier molecular flexibility index (Phi) is 7.08. The minimum Gasteiger partial charge on any atom is -0.456 e. The van der Waals surface area contributed by atoms with E-state index in [1.165, 1.54) is 27.4 Å². The zero-order valence-electron chi connectivity index (χ0n) is 31.5. The first kappa shape index (κ1) is 32.4. The molecule has 0 fully saturated rings. The molecule has 3 heterocycles. The highest BCUT2D eigenvalue weighted by Gasteiger charge is 2.22. The highest BCUT2D eigenvalue weighted by atomic mass is 16.3. The molecule has 0 aliphatic heterocycles. The van der Waals surface area contributed by atoms with Crippen molar-refractivity contribution in [3.8, 4) is 16.8 Å². The number of hydrogen-bond acceptors (Lipinski definition) is 3. The second-order valence-corrected chi connectivity index (χ2v) is 15.8. The van der Waals surface area contributed by atoms with Crippen molar-refractivity contribution in [2.45, 2.75) is 26.2 Å². The molecular weight excluding hydrogens is 685 g/mol. The lowest BCUT2D eigenvalue weighted by Crippen LogP contribution is -2.11. The summed E-state index contributed by atoms with van der Waals surface area (Å²) in [7, 11) is 0. The molecule has 0 aliphatic rings. The Bertz CT molecular complexity index is 3190. The van der Waals surface area contributed by atoms with E-state index >= 15 is 0 Å². The summed E-state index contributed by atoms with van der Waals surface area (Å²) in [4.78, 5) is 2.38. The average molecular weight is 723 g/mol. The average Bonchev–Trinajstić information content (AvgIpc) is 3.90. The number of para-hydroxylation sites is 4. The van der Waals surface area contributed by atoms with Gasteiger partial charge in [-0.15, -0.1) is 0 Å². The van der Waals surface area contributed by atoms with Gasteiger partial charge in [-0.05, 0) is 108 Å². The molecule has 4 heteroatoms. The van der Waals surface area contributed by atoms with Crippen LogP contribution in [-0.2, 0) is 5.41 Å². The van der Waals surface area contributed by atoms with Gasteiger partial charge >= 0.3 is 0 Å². The van der Waals surface area contributed by atoms with Gasteiger partial charge in [0.25, 0.3) is 0 Å². The first-order valence-corrected chi connectivity index (χ1v) is 19.3. The standard InChI is InChI=1S/C52H38N2O2/c1-52(2,3)34-22-26-47-42(30-34)41-29-33(21-25-46(41)54(47)35-13-5-4-6-14-35)38-15-7-10-18-45(38)53(36-23-27-50-43(31-36)39-16-8-11-19-48(39)55-50)37-24-28-51-44(32-37)40-17-9-12-20-49(40)56-51/h4-32H,1-3H3. The van der Waals surface area contributed by atoms with E-state index in [0.29, 0.717) is 0 Å². The van der Waals surface area contributed by atoms with Gasteiger partial charge < -0.3 is 18.3 Å². The van der Waals surface area contributed by atoms with Crippen LogP contribution < -0.4 is 4.90 Å². The maximum atomic E-state index is 6.29. The predicted molar refractivity (Wildman–Crippen MR) is 234 cm³/mol. The molecule has 0 radical (unpaired) electrons. The second-order valence-electron chi connectivity index (χ2n) is 15.8. The minimum absolute atomic E-state index is 0.0168. The van der Waals surface area contributed by atoms with Crippen molar-refractivity contribution in [2.75, 3.05) is 4.90 Å². The van der Waals surface area contributed by atoms with Crippen molar-refractivity contribution in [1.82, 2.24) is 4.57 Å². The zero-order chi connectivity index (χ0) is 37.5. The first-order valence-electron chi connectivity index (χ1n) is 19.3. The Balaban J connectivity index is 1.16. The van der Waals surface area contributed by atoms with Gasteiger partial charge in [-0.3, -0.25) is 0 Å². The summed E-state index contributed by atoms with van der Waals surface area (Å²) in [5, 5.41) is 6.85. The number of benzene rings is 8. The van der Waals surface area contributed by atoms with E-state index in [-0.39, 0.29) is 5.41 Å². The van der Waals surface area contributed by atoms with Gasteiger partial charge in [0.1, 0.15) is 22.3 Å². The molecule has 0 aliphatic carbocycles. The lowest BCUT2D eigenvalue weighted by molar-refractivity contribution is 0.591. The van der Waals surface area contributed by atoms with Gasteiger partial charge in [0, 0.05) is 54.9 Å². The summed E-state index contributed by atoms with van der Waals surface area (Å²) in [6, 6.07) is 63.0. The normalized spacial score (nSPS) is 12.2. The molecule has 0 saturated carbocycles. The van der Waals surface area contributed by atoms with Crippen LogP contribution in [0.25, 0.3) is 82.5 Å². The Morgan fingerprint density at radius 1 is 0.429 bits per heavy atom. The van der Waals surface area contributed by atoms with Crippen LogP contribution in [-0.4, -0.2) is 4.57 Å². The summed E-state index contributed by atoms with van der Waals surface area (Å²) in [5.41, 5.74) is 13.8. The second kappa shape index (κ2) is 12.2. The molecule has 11 rings (SSSR count). The summed E-state index contributed by atoms with van der Waals surface area (Å²) in [6.45, 7) is 6.86. The van der Waals surface area contributed by atoms with Crippen molar-refractivity contribution in [3.05, 3.63) is 181 Å². The maximum Gasteiger partial charge on any atom is 0.135 e. The molecule has 0 atom stereocenters. The molecule has 56 heavy (non-hydrogen) atoms. The lowest BCUT2D eigenvalue weighted by atomic mass is 9.86. The van der Waals surface area contributed by atoms with Crippen molar-refractivity contribution in [1.29, 1.82) is 0 Å². The zero-order valence-corrected chi connectivity index (χ0v) is 31.5. The number of hydrogen-bond donors (Lipinski definition) is 0. The first-order chi connectivity index (χ1) is 27.4. The summed E-state index contributed by atoms with van der Waals surface area (Å²) >= 11 is 0. The van der Waals surface area contributed by atoms with Gasteiger partial charge in [0.05, 0.1) is 16.7 Å². The number of anilines is 3. The fourth-order valence-electron chi connectivity index (χ4n) is 8.56. The molecule has 0 bridgehead atoms. The van der Waals surface area contributed by atoms with Gasteiger partial charge in [-0.25, -0.2) is 0 Å². The molecule has 3 aromatic heterocycles. The highest BCUT2D eigenvalue weighted by molar-refractivity contribution is 6.12. The van der Waals surface area contributed by atoms with E-state index in [0.717, 1.165) is 77.8 Å². The Morgan fingerprint density at radius 2 is 0.964 bits per heavy atom. The largest absolute Gasteiger partial charge is 0.456 e. The topological polar surface area (TPSA) is 34.5 Å². The molecule has 0 amide bonds. The molecule has 0 spiro atoms. The smallest absolute Gasteiger partial charge is 0.135 e. The molecule has 4 nitrogen and oxygen atoms in total. The van der Waals surface area contributed by atoms with Crippen LogP contribution >= 0.6 is 0 Å². The van der Waals surface area contributed by atoms with Crippen molar-refractivity contribution in [3.63, 3.8) is 0 Å². The molecule has 0 unspecified atom stereocenters. The monoisotopic (exact) mass is 722 g/mol. The van der Waals surface area contributed by atoms with Crippen LogP contribution in [0.4, 0.5) is 17.1 Å². The van der Waals surface area contributed by atoms with E-state index in [1.54, 1.807) is 0 Å². The summed E-state index contributed by atoms with van der Waals surface area (Å²) in [5.74, 6) is 0. The van der Waals surface area contributed by atoms with Gasteiger partial charge in [-0.2, -0.15) is 0 Å². The quantitative estimate of drug-likeness (QED) is 0.177. The third kappa shape index (κ3) is 5.06. The Hall–Kier alpha value is -7.04. The molecule has 0 N–H and O–H groups in total. The van der Waals surface area contributed by atoms with Gasteiger partial charge in [-0.1, -0.05) is 106 Å². The van der Waals surface area contributed by atoms with Gasteiger partial charge in [0.15, 0.2) is 0 Å². The minimum atomic E-state index is 0.0168. The number of rotatable bonds is 5. The van der Waals surface area contributed by atoms with E-state index in [9.17, 15) is 0 Å². The van der Waals surface area contributed by atoms with Crippen molar-refractivity contribution < 1.29 is 8.83 Å². The van der Waals surface area contributed by atoms with Gasteiger partial charge in [0.2, 0.25) is 0 Å². The van der Waals surface area contributed by atoms with Crippen molar-refractivity contribution >= 4 is 82.7 Å². The third-order valence-corrected chi connectivity index (χ3v) is 11.3. The van der Waals surface area contributed by atoms with Crippen LogP contribution in [0.2, 0.25) is 0 Å². The summed E-state index contributed by atoms with van der Waals surface area (Å²) in [6.07, 6.45) is 0.